The van der Waals surface area contributed by atoms with Gasteiger partial charge in [0.05, 0.1) is 11.5 Å². The SMILES string of the molecule is CCC(C)NC(=O)c1cc(N(C)C2CCS(=O)(=O)C2)nc(C)n1. The fourth-order valence-corrected chi connectivity index (χ4v) is 4.29. The summed E-state index contributed by atoms with van der Waals surface area (Å²) in [4.78, 5) is 22.6. The number of sulfone groups is 1. The van der Waals surface area contributed by atoms with Gasteiger partial charge in [-0.15, -0.1) is 0 Å². The number of carbonyl (C=O) groups is 1. The Balaban J connectivity index is 2.21. The Morgan fingerprint density at radius 3 is 2.74 bits per heavy atom. The molecule has 1 aliphatic rings. The van der Waals surface area contributed by atoms with Crippen LogP contribution in [0.1, 0.15) is 43.0 Å². The first-order chi connectivity index (χ1) is 10.7. The number of aromatic nitrogens is 2. The van der Waals surface area contributed by atoms with Crippen LogP contribution in [-0.2, 0) is 9.84 Å². The third-order valence-corrected chi connectivity index (χ3v) is 5.91. The Morgan fingerprint density at radius 1 is 1.48 bits per heavy atom. The van der Waals surface area contributed by atoms with E-state index in [9.17, 15) is 13.2 Å². The van der Waals surface area contributed by atoms with E-state index in [4.69, 9.17) is 0 Å². The molecule has 1 amide bonds. The topological polar surface area (TPSA) is 92.3 Å². The molecule has 1 aliphatic heterocycles. The summed E-state index contributed by atoms with van der Waals surface area (Å²) in [7, 11) is -1.16. The van der Waals surface area contributed by atoms with Gasteiger partial charge in [0, 0.05) is 25.2 Å². The Kier molecular flexibility index (Phi) is 5.23. The highest BCUT2D eigenvalue weighted by atomic mass is 32.2. The summed E-state index contributed by atoms with van der Waals surface area (Å²) in [5.41, 5.74) is 0.306. The van der Waals surface area contributed by atoms with Crippen molar-refractivity contribution in [2.45, 2.75) is 45.7 Å². The van der Waals surface area contributed by atoms with Crippen molar-refractivity contribution in [2.75, 3.05) is 23.5 Å². The van der Waals surface area contributed by atoms with E-state index < -0.39 is 9.84 Å². The van der Waals surface area contributed by atoms with E-state index in [1.165, 1.54) is 0 Å². The summed E-state index contributed by atoms with van der Waals surface area (Å²) in [6.45, 7) is 5.65. The molecule has 1 fully saturated rings. The van der Waals surface area contributed by atoms with Crippen LogP contribution in [0.15, 0.2) is 6.07 Å². The number of rotatable bonds is 5. The largest absolute Gasteiger partial charge is 0.356 e. The zero-order valence-corrected chi connectivity index (χ0v) is 14.9. The lowest BCUT2D eigenvalue weighted by Crippen LogP contribution is -2.35. The fraction of sp³-hybridized carbons (Fsp3) is 0.667. The zero-order valence-electron chi connectivity index (χ0n) is 14.0. The molecule has 2 heterocycles. The van der Waals surface area contributed by atoms with Crippen molar-refractivity contribution < 1.29 is 13.2 Å². The number of amides is 1. The lowest BCUT2D eigenvalue weighted by atomic mass is 10.2. The van der Waals surface area contributed by atoms with E-state index >= 15 is 0 Å². The molecular formula is C15H24N4O3S. The predicted octanol–water partition coefficient (Wildman–Crippen LogP) is 0.937. The lowest BCUT2D eigenvalue weighted by Gasteiger charge is -2.25. The van der Waals surface area contributed by atoms with Crippen molar-refractivity contribution in [1.29, 1.82) is 0 Å². The first-order valence-corrected chi connectivity index (χ1v) is 9.63. The van der Waals surface area contributed by atoms with Gasteiger partial charge >= 0.3 is 0 Å². The lowest BCUT2D eigenvalue weighted by molar-refractivity contribution is 0.0934. The summed E-state index contributed by atoms with van der Waals surface area (Å²) in [5, 5.41) is 2.88. The molecule has 2 atom stereocenters. The Hall–Kier alpha value is -1.70. The molecular weight excluding hydrogens is 316 g/mol. The van der Waals surface area contributed by atoms with Crippen LogP contribution in [0, 0.1) is 6.92 Å². The summed E-state index contributed by atoms with van der Waals surface area (Å²) in [6, 6.07) is 1.58. The summed E-state index contributed by atoms with van der Waals surface area (Å²) in [6.07, 6.45) is 1.42. The number of aryl methyl sites for hydroxylation is 1. The first-order valence-electron chi connectivity index (χ1n) is 7.81. The van der Waals surface area contributed by atoms with Gasteiger partial charge in [-0.25, -0.2) is 18.4 Å². The van der Waals surface area contributed by atoms with Crippen LogP contribution in [0.3, 0.4) is 0 Å². The van der Waals surface area contributed by atoms with Gasteiger partial charge in [0.1, 0.15) is 17.3 Å². The molecule has 0 radical (unpaired) electrons. The average Bonchev–Trinajstić information content (AvgIpc) is 2.85. The van der Waals surface area contributed by atoms with Gasteiger partial charge in [0.2, 0.25) is 0 Å². The molecule has 0 saturated carbocycles. The Labute approximate surface area is 137 Å². The standard InChI is InChI=1S/C15H24N4O3S/c1-5-10(2)16-15(20)13-8-14(18-11(3)17-13)19(4)12-6-7-23(21,22)9-12/h8,10,12H,5-7,9H2,1-4H3,(H,16,20). The first kappa shape index (κ1) is 17.7. The number of carbonyl (C=O) groups excluding carboxylic acids is 1. The van der Waals surface area contributed by atoms with Gasteiger partial charge in [-0.05, 0) is 26.7 Å². The molecule has 0 aromatic carbocycles. The van der Waals surface area contributed by atoms with Crippen LogP contribution in [0.4, 0.5) is 5.82 Å². The normalized spacial score (nSPS) is 21.0. The highest BCUT2D eigenvalue weighted by molar-refractivity contribution is 7.91. The van der Waals surface area contributed by atoms with Crippen LogP contribution in [0.25, 0.3) is 0 Å². The number of nitrogens with zero attached hydrogens (tertiary/aromatic N) is 3. The van der Waals surface area contributed by atoms with Crippen molar-refractivity contribution in [3.63, 3.8) is 0 Å². The van der Waals surface area contributed by atoms with Crippen molar-refractivity contribution in [3.05, 3.63) is 17.6 Å². The number of nitrogens with one attached hydrogen (secondary N) is 1. The van der Waals surface area contributed by atoms with Crippen molar-refractivity contribution in [3.8, 4) is 0 Å². The molecule has 128 valence electrons. The van der Waals surface area contributed by atoms with E-state index in [0.717, 1.165) is 6.42 Å². The minimum absolute atomic E-state index is 0.0685. The second-order valence-corrected chi connectivity index (χ2v) is 8.34. The molecule has 0 bridgehead atoms. The Morgan fingerprint density at radius 2 is 2.17 bits per heavy atom. The smallest absolute Gasteiger partial charge is 0.270 e. The summed E-state index contributed by atoms with van der Waals surface area (Å²) in [5.74, 6) is 1.16. The second kappa shape index (κ2) is 6.82. The highest BCUT2D eigenvalue weighted by Crippen LogP contribution is 2.22. The molecule has 23 heavy (non-hydrogen) atoms. The molecule has 0 spiro atoms. The third-order valence-electron chi connectivity index (χ3n) is 4.16. The van der Waals surface area contributed by atoms with Crippen molar-refractivity contribution >= 4 is 21.6 Å². The van der Waals surface area contributed by atoms with Gasteiger partial charge in [-0.1, -0.05) is 6.92 Å². The third kappa shape index (κ3) is 4.40. The zero-order chi connectivity index (χ0) is 17.2. The fourth-order valence-electron chi connectivity index (χ4n) is 2.52. The number of hydrogen-bond acceptors (Lipinski definition) is 6. The van der Waals surface area contributed by atoms with Crippen LogP contribution in [0.5, 0.6) is 0 Å². The second-order valence-electron chi connectivity index (χ2n) is 6.11. The Bertz CT molecular complexity index is 690. The maximum atomic E-state index is 12.2. The maximum Gasteiger partial charge on any atom is 0.270 e. The molecule has 8 heteroatoms. The summed E-state index contributed by atoms with van der Waals surface area (Å²) < 4.78 is 23.3. The molecule has 1 aromatic rings. The van der Waals surface area contributed by atoms with Crippen molar-refractivity contribution in [1.82, 2.24) is 15.3 Å². The van der Waals surface area contributed by atoms with Gasteiger partial charge in [-0.3, -0.25) is 4.79 Å². The summed E-state index contributed by atoms with van der Waals surface area (Å²) >= 11 is 0. The minimum atomic E-state index is -2.97. The molecule has 1 N–H and O–H groups in total. The van der Waals surface area contributed by atoms with Crippen LogP contribution >= 0.6 is 0 Å². The van der Waals surface area contributed by atoms with E-state index in [1.54, 1.807) is 13.0 Å². The minimum Gasteiger partial charge on any atom is -0.356 e. The molecule has 7 nitrogen and oxygen atoms in total. The van der Waals surface area contributed by atoms with Crippen LogP contribution in [-0.4, -0.2) is 54.9 Å². The van der Waals surface area contributed by atoms with Gasteiger partial charge in [-0.2, -0.15) is 0 Å². The van der Waals surface area contributed by atoms with Gasteiger partial charge < -0.3 is 10.2 Å². The molecule has 0 aliphatic carbocycles. The predicted molar refractivity (Wildman–Crippen MR) is 89.5 cm³/mol. The average molecular weight is 340 g/mol. The molecule has 1 aromatic heterocycles. The quantitative estimate of drug-likeness (QED) is 0.857. The van der Waals surface area contributed by atoms with E-state index in [2.05, 4.69) is 15.3 Å². The number of hydrogen-bond donors (Lipinski definition) is 1. The van der Waals surface area contributed by atoms with E-state index in [0.29, 0.717) is 23.8 Å². The highest BCUT2D eigenvalue weighted by Gasteiger charge is 2.31. The van der Waals surface area contributed by atoms with Crippen molar-refractivity contribution in [2.24, 2.45) is 0 Å². The monoisotopic (exact) mass is 340 g/mol. The van der Waals surface area contributed by atoms with Gasteiger partial charge in [0.15, 0.2) is 9.84 Å². The molecule has 2 rings (SSSR count). The van der Waals surface area contributed by atoms with E-state index in [1.807, 2.05) is 25.8 Å². The number of anilines is 1. The van der Waals surface area contributed by atoms with Gasteiger partial charge in [0.25, 0.3) is 5.91 Å². The molecule has 1 saturated heterocycles. The molecule has 2 unspecified atom stereocenters. The maximum absolute atomic E-state index is 12.2. The van der Waals surface area contributed by atoms with E-state index in [-0.39, 0.29) is 29.5 Å². The van der Waals surface area contributed by atoms with Crippen LogP contribution < -0.4 is 10.2 Å². The van der Waals surface area contributed by atoms with Crippen LogP contribution in [0.2, 0.25) is 0 Å².